The lowest BCUT2D eigenvalue weighted by Crippen LogP contribution is -1.81. The average Bonchev–Trinajstić information content (AvgIpc) is 2.15. The number of benzene rings is 1. The summed E-state index contributed by atoms with van der Waals surface area (Å²) in [4.78, 5) is 0. The van der Waals surface area contributed by atoms with Crippen LogP contribution in [-0.2, 0) is 6.61 Å². The Morgan fingerprint density at radius 1 is 1.25 bits per heavy atom. The summed E-state index contributed by atoms with van der Waals surface area (Å²) in [7, 11) is 0. The molecule has 12 heavy (non-hydrogen) atoms. The van der Waals surface area contributed by atoms with Gasteiger partial charge in [0.2, 0.25) is 0 Å². The number of hydrogen-bond acceptors (Lipinski definition) is 1. The molecule has 1 heteroatoms. The monoisotopic (exact) mass is 162 g/mol. The topological polar surface area (TPSA) is 20.2 Å². The first kappa shape index (κ1) is 9.01. The molecular formula is C11H14O. The molecule has 0 unspecified atom stereocenters. The van der Waals surface area contributed by atoms with E-state index in [1.807, 2.05) is 24.3 Å². The van der Waals surface area contributed by atoms with Gasteiger partial charge in [-0.15, -0.1) is 0 Å². The van der Waals surface area contributed by atoms with Crippen molar-refractivity contribution in [3.63, 3.8) is 0 Å². The lowest BCUT2D eigenvalue weighted by molar-refractivity contribution is 0.282. The summed E-state index contributed by atoms with van der Waals surface area (Å²) in [5.74, 6) is 0. The normalized spacial score (nSPS) is 10.8. The van der Waals surface area contributed by atoms with Crippen molar-refractivity contribution in [3.05, 3.63) is 41.5 Å². The van der Waals surface area contributed by atoms with E-state index in [0.717, 1.165) is 12.0 Å². The predicted octanol–water partition coefficient (Wildman–Crippen LogP) is 2.60. The Kier molecular flexibility index (Phi) is 3.55. The van der Waals surface area contributed by atoms with Crippen LogP contribution in [0.1, 0.15) is 24.5 Å². The molecule has 1 rings (SSSR count). The van der Waals surface area contributed by atoms with E-state index in [1.54, 1.807) is 0 Å². The first-order valence-electron chi connectivity index (χ1n) is 4.23. The second-order valence-electron chi connectivity index (χ2n) is 2.71. The van der Waals surface area contributed by atoms with Gasteiger partial charge in [-0.1, -0.05) is 43.3 Å². The summed E-state index contributed by atoms with van der Waals surface area (Å²) in [6.07, 6.45) is 5.26. The van der Waals surface area contributed by atoms with Crippen LogP contribution in [0.15, 0.2) is 30.3 Å². The van der Waals surface area contributed by atoms with Crippen molar-refractivity contribution < 1.29 is 5.11 Å². The summed E-state index contributed by atoms with van der Waals surface area (Å²) in [5.41, 5.74) is 2.15. The second kappa shape index (κ2) is 4.73. The maximum atomic E-state index is 8.79. The third-order valence-corrected chi connectivity index (χ3v) is 1.71. The van der Waals surface area contributed by atoms with Gasteiger partial charge in [0.05, 0.1) is 6.61 Å². The largest absolute Gasteiger partial charge is 0.392 e. The minimum absolute atomic E-state index is 0.123. The molecule has 0 aliphatic carbocycles. The van der Waals surface area contributed by atoms with Gasteiger partial charge in [0.25, 0.3) is 0 Å². The molecule has 0 fully saturated rings. The van der Waals surface area contributed by atoms with Crippen molar-refractivity contribution in [2.24, 2.45) is 0 Å². The summed E-state index contributed by atoms with van der Waals surface area (Å²) in [6.45, 7) is 2.23. The highest BCUT2D eigenvalue weighted by Crippen LogP contribution is 2.06. The number of allylic oxidation sites excluding steroid dienone is 1. The standard InChI is InChI=1S/C11H14O/c1-2-3-4-10-5-7-11(9-12)8-6-10/h3-8,12H,2,9H2,1H3/b4-3+. The SMILES string of the molecule is CC/C=C/c1ccc(CO)cc1. The molecule has 0 spiro atoms. The third-order valence-electron chi connectivity index (χ3n) is 1.71. The van der Waals surface area contributed by atoms with Crippen molar-refractivity contribution >= 4 is 6.08 Å². The Morgan fingerprint density at radius 3 is 2.42 bits per heavy atom. The van der Waals surface area contributed by atoms with Crippen molar-refractivity contribution in [3.8, 4) is 0 Å². The van der Waals surface area contributed by atoms with Gasteiger partial charge in [-0.2, -0.15) is 0 Å². The van der Waals surface area contributed by atoms with E-state index in [2.05, 4.69) is 19.1 Å². The van der Waals surface area contributed by atoms with Crippen molar-refractivity contribution in [1.82, 2.24) is 0 Å². The van der Waals surface area contributed by atoms with Crippen LogP contribution in [0.5, 0.6) is 0 Å². The van der Waals surface area contributed by atoms with E-state index in [-0.39, 0.29) is 6.61 Å². The molecule has 64 valence electrons. The summed E-state index contributed by atoms with van der Waals surface area (Å²) in [6, 6.07) is 7.90. The Morgan fingerprint density at radius 2 is 1.92 bits per heavy atom. The molecule has 0 atom stereocenters. The highest BCUT2D eigenvalue weighted by molar-refractivity contribution is 5.49. The molecule has 1 N–H and O–H groups in total. The van der Waals surface area contributed by atoms with E-state index >= 15 is 0 Å². The summed E-state index contributed by atoms with van der Waals surface area (Å²) in [5, 5.41) is 8.79. The summed E-state index contributed by atoms with van der Waals surface area (Å²) < 4.78 is 0. The van der Waals surface area contributed by atoms with Crippen LogP contribution in [0.4, 0.5) is 0 Å². The smallest absolute Gasteiger partial charge is 0.0681 e. The zero-order valence-corrected chi connectivity index (χ0v) is 7.33. The zero-order chi connectivity index (χ0) is 8.81. The van der Waals surface area contributed by atoms with E-state index < -0.39 is 0 Å². The van der Waals surface area contributed by atoms with Gasteiger partial charge in [0, 0.05) is 0 Å². The molecule has 1 aromatic carbocycles. The van der Waals surface area contributed by atoms with Crippen LogP contribution in [0.3, 0.4) is 0 Å². The number of rotatable bonds is 3. The van der Waals surface area contributed by atoms with E-state index in [1.165, 1.54) is 5.56 Å². The molecule has 0 saturated carbocycles. The molecule has 1 aromatic rings. The Hall–Kier alpha value is -1.08. The van der Waals surface area contributed by atoms with E-state index in [0.29, 0.717) is 0 Å². The highest BCUT2D eigenvalue weighted by atomic mass is 16.3. The quantitative estimate of drug-likeness (QED) is 0.724. The molecule has 0 saturated heterocycles. The maximum absolute atomic E-state index is 8.79. The number of aliphatic hydroxyl groups excluding tert-OH is 1. The van der Waals surface area contributed by atoms with Crippen molar-refractivity contribution in [2.45, 2.75) is 20.0 Å². The fourth-order valence-electron chi connectivity index (χ4n) is 0.988. The Labute approximate surface area is 73.4 Å². The molecule has 1 nitrogen and oxygen atoms in total. The van der Waals surface area contributed by atoms with E-state index in [4.69, 9.17) is 5.11 Å². The van der Waals surface area contributed by atoms with Gasteiger partial charge in [0.15, 0.2) is 0 Å². The average molecular weight is 162 g/mol. The van der Waals surface area contributed by atoms with E-state index in [9.17, 15) is 0 Å². The highest BCUT2D eigenvalue weighted by Gasteiger charge is 1.88. The van der Waals surface area contributed by atoms with Gasteiger partial charge < -0.3 is 5.11 Å². The van der Waals surface area contributed by atoms with Crippen LogP contribution in [0.25, 0.3) is 6.08 Å². The van der Waals surface area contributed by atoms with Crippen molar-refractivity contribution in [1.29, 1.82) is 0 Å². The van der Waals surface area contributed by atoms with Crippen molar-refractivity contribution in [2.75, 3.05) is 0 Å². The van der Waals surface area contributed by atoms with Gasteiger partial charge in [0.1, 0.15) is 0 Å². The van der Waals surface area contributed by atoms with Crippen LogP contribution in [-0.4, -0.2) is 5.11 Å². The fourth-order valence-corrected chi connectivity index (χ4v) is 0.988. The molecule has 0 aromatic heterocycles. The first-order valence-corrected chi connectivity index (χ1v) is 4.23. The van der Waals surface area contributed by atoms with Gasteiger partial charge >= 0.3 is 0 Å². The van der Waals surface area contributed by atoms with Gasteiger partial charge in [-0.25, -0.2) is 0 Å². The molecular weight excluding hydrogens is 148 g/mol. The molecule has 0 amide bonds. The predicted molar refractivity (Wildman–Crippen MR) is 51.7 cm³/mol. The van der Waals surface area contributed by atoms with Crippen LogP contribution >= 0.6 is 0 Å². The van der Waals surface area contributed by atoms with Crippen LogP contribution in [0, 0.1) is 0 Å². The lowest BCUT2D eigenvalue weighted by atomic mass is 10.1. The van der Waals surface area contributed by atoms with Gasteiger partial charge in [-0.05, 0) is 17.5 Å². The molecule has 0 aliphatic heterocycles. The number of aliphatic hydroxyl groups is 1. The molecule has 0 radical (unpaired) electrons. The number of hydrogen-bond donors (Lipinski definition) is 1. The zero-order valence-electron chi connectivity index (χ0n) is 7.33. The minimum Gasteiger partial charge on any atom is -0.392 e. The summed E-state index contributed by atoms with van der Waals surface area (Å²) >= 11 is 0. The Bertz CT molecular complexity index is 246. The Balaban J connectivity index is 2.71. The third kappa shape index (κ3) is 2.51. The van der Waals surface area contributed by atoms with Crippen LogP contribution in [0.2, 0.25) is 0 Å². The maximum Gasteiger partial charge on any atom is 0.0681 e. The molecule has 0 bridgehead atoms. The molecule has 0 heterocycles. The van der Waals surface area contributed by atoms with Crippen LogP contribution < -0.4 is 0 Å². The first-order chi connectivity index (χ1) is 5.86. The fraction of sp³-hybridized carbons (Fsp3) is 0.273. The lowest BCUT2D eigenvalue weighted by Gasteiger charge is -1.96. The molecule has 0 aliphatic rings. The minimum atomic E-state index is 0.123. The van der Waals surface area contributed by atoms with Gasteiger partial charge in [-0.3, -0.25) is 0 Å². The second-order valence-corrected chi connectivity index (χ2v) is 2.71.